The van der Waals surface area contributed by atoms with Crippen molar-refractivity contribution in [2.75, 3.05) is 14.1 Å². The van der Waals surface area contributed by atoms with E-state index >= 15 is 0 Å². The first kappa shape index (κ1) is 14.8. The summed E-state index contributed by atoms with van der Waals surface area (Å²) >= 11 is 0. The van der Waals surface area contributed by atoms with Crippen molar-refractivity contribution in [2.45, 2.75) is 26.4 Å². The van der Waals surface area contributed by atoms with Crippen molar-refractivity contribution in [3.05, 3.63) is 65.6 Å². The van der Waals surface area contributed by atoms with E-state index < -0.39 is 0 Å². The third-order valence-electron chi connectivity index (χ3n) is 3.97. The number of aryl methyl sites for hydroxylation is 3. The Morgan fingerprint density at radius 3 is 2.64 bits per heavy atom. The molecule has 1 aromatic carbocycles. The maximum Gasteiger partial charge on any atom is 0.0483 e. The van der Waals surface area contributed by atoms with Crippen LogP contribution in [-0.4, -0.2) is 28.5 Å². The first-order chi connectivity index (χ1) is 10.6. The summed E-state index contributed by atoms with van der Waals surface area (Å²) < 4.78 is 2.37. The van der Waals surface area contributed by atoms with Crippen LogP contribution in [0.4, 0.5) is 0 Å². The number of rotatable bonds is 5. The fourth-order valence-corrected chi connectivity index (χ4v) is 2.87. The zero-order valence-corrected chi connectivity index (χ0v) is 13.6. The highest BCUT2D eigenvalue weighted by Gasteiger charge is 2.08. The highest BCUT2D eigenvalue weighted by atomic mass is 15.1. The highest BCUT2D eigenvalue weighted by molar-refractivity contribution is 5.83. The lowest BCUT2D eigenvalue weighted by Gasteiger charge is -2.07. The molecule has 2 heterocycles. The quantitative estimate of drug-likeness (QED) is 0.716. The Morgan fingerprint density at radius 2 is 1.91 bits per heavy atom. The maximum atomic E-state index is 4.38. The summed E-state index contributed by atoms with van der Waals surface area (Å²) in [5.74, 6) is 0. The number of hydrogen-bond acceptors (Lipinski definition) is 2. The van der Waals surface area contributed by atoms with Crippen LogP contribution < -0.4 is 0 Å². The number of para-hydroxylation sites is 1. The van der Waals surface area contributed by atoms with Crippen molar-refractivity contribution in [3.63, 3.8) is 0 Å². The monoisotopic (exact) mass is 293 g/mol. The third kappa shape index (κ3) is 3.20. The summed E-state index contributed by atoms with van der Waals surface area (Å²) in [7, 11) is 4.23. The summed E-state index contributed by atoms with van der Waals surface area (Å²) in [6, 6.07) is 12.9. The first-order valence-corrected chi connectivity index (χ1v) is 7.76. The Labute approximate surface area is 132 Å². The van der Waals surface area contributed by atoms with Gasteiger partial charge in [0.25, 0.3) is 0 Å². The molecule has 0 spiro atoms. The molecule has 0 amide bonds. The van der Waals surface area contributed by atoms with Gasteiger partial charge >= 0.3 is 0 Å². The van der Waals surface area contributed by atoms with E-state index in [2.05, 4.69) is 71.1 Å². The smallest absolute Gasteiger partial charge is 0.0483 e. The minimum Gasteiger partial charge on any atom is -0.347 e. The van der Waals surface area contributed by atoms with Crippen LogP contribution >= 0.6 is 0 Å². The van der Waals surface area contributed by atoms with E-state index in [0.29, 0.717) is 0 Å². The van der Waals surface area contributed by atoms with Crippen LogP contribution in [0, 0.1) is 6.92 Å². The molecule has 3 heteroatoms. The van der Waals surface area contributed by atoms with E-state index in [1.54, 1.807) is 0 Å². The number of benzene rings is 1. The Kier molecular flexibility index (Phi) is 4.25. The van der Waals surface area contributed by atoms with Crippen LogP contribution in [-0.2, 0) is 19.5 Å². The summed E-state index contributed by atoms with van der Waals surface area (Å²) in [6.07, 6.45) is 5.29. The molecule has 0 aliphatic rings. The normalized spacial score (nSPS) is 11.5. The van der Waals surface area contributed by atoms with Crippen LogP contribution in [0.5, 0.6) is 0 Å². The molecule has 0 atom stereocenters. The Hall–Kier alpha value is -2.13. The largest absolute Gasteiger partial charge is 0.347 e. The summed E-state index contributed by atoms with van der Waals surface area (Å²) in [6.45, 7) is 3.98. The Bertz CT molecular complexity index is 754. The molecule has 3 nitrogen and oxygen atoms in total. The average Bonchev–Trinajstić information content (AvgIpc) is 2.84. The highest BCUT2D eigenvalue weighted by Crippen LogP contribution is 2.22. The topological polar surface area (TPSA) is 21.1 Å². The second-order valence-corrected chi connectivity index (χ2v) is 6.16. The van der Waals surface area contributed by atoms with Gasteiger partial charge in [0.15, 0.2) is 0 Å². The molecule has 0 aliphatic carbocycles. The fourth-order valence-electron chi connectivity index (χ4n) is 2.87. The van der Waals surface area contributed by atoms with Gasteiger partial charge in [0.1, 0.15) is 0 Å². The van der Waals surface area contributed by atoms with Gasteiger partial charge in [-0.25, -0.2) is 0 Å². The molecule has 3 rings (SSSR count). The zero-order chi connectivity index (χ0) is 15.5. The second kappa shape index (κ2) is 6.32. The molecule has 114 valence electrons. The molecule has 3 aromatic rings. The van der Waals surface area contributed by atoms with Gasteiger partial charge in [-0.15, -0.1) is 0 Å². The maximum absolute atomic E-state index is 4.38. The van der Waals surface area contributed by atoms with E-state index in [1.807, 2.05) is 13.1 Å². The molecule has 0 bridgehead atoms. The van der Waals surface area contributed by atoms with Crippen molar-refractivity contribution in [1.82, 2.24) is 14.5 Å². The molecule has 0 N–H and O–H groups in total. The number of fused-ring (bicyclic) bond motifs is 1. The third-order valence-corrected chi connectivity index (χ3v) is 3.97. The van der Waals surface area contributed by atoms with Crippen LogP contribution in [0.1, 0.15) is 16.8 Å². The molecule has 2 aromatic heterocycles. The zero-order valence-electron chi connectivity index (χ0n) is 13.6. The lowest BCUT2D eigenvalue weighted by Crippen LogP contribution is -2.10. The van der Waals surface area contributed by atoms with Gasteiger partial charge in [-0.2, -0.15) is 0 Å². The lowest BCUT2D eigenvalue weighted by molar-refractivity contribution is 0.403. The van der Waals surface area contributed by atoms with E-state index in [-0.39, 0.29) is 0 Å². The molecular formula is C19H23N3. The average molecular weight is 293 g/mol. The number of pyridine rings is 1. The lowest BCUT2D eigenvalue weighted by atomic mass is 10.1. The molecule has 0 unspecified atom stereocenters. The van der Waals surface area contributed by atoms with E-state index in [4.69, 9.17) is 0 Å². The van der Waals surface area contributed by atoms with Gasteiger partial charge in [-0.1, -0.05) is 24.3 Å². The Balaban J connectivity index is 1.85. The SMILES string of the molecule is Cc1ccc(CCn2cc(CN(C)C)c3ccccc32)cn1. The summed E-state index contributed by atoms with van der Waals surface area (Å²) in [4.78, 5) is 6.60. The molecule has 0 fully saturated rings. The number of nitrogens with zero attached hydrogens (tertiary/aromatic N) is 3. The van der Waals surface area contributed by atoms with Gasteiger partial charge in [0.05, 0.1) is 0 Å². The van der Waals surface area contributed by atoms with Crippen molar-refractivity contribution < 1.29 is 0 Å². The minimum absolute atomic E-state index is 0.972. The van der Waals surface area contributed by atoms with Gasteiger partial charge in [-0.3, -0.25) is 4.98 Å². The van der Waals surface area contributed by atoms with Crippen LogP contribution in [0.25, 0.3) is 10.9 Å². The van der Waals surface area contributed by atoms with E-state index in [1.165, 1.54) is 22.0 Å². The predicted octanol–water partition coefficient (Wildman–Crippen LogP) is 3.65. The summed E-state index contributed by atoms with van der Waals surface area (Å²) in [5.41, 5.74) is 5.07. The van der Waals surface area contributed by atoms with Gasteiger partial charge in [0, 0.05) is 42.1 Å². The standard InChI is InChI=1S/C19H23N3/c1-15-8-9-16(12-20-15)10-11-22-14-17(13-21(2)3)18-6-4-5-7-19(18)22/h4-9,12,14H,10-11,13H2,1-3H3. The first-order valence-electron chi connectivity index (χ1n) is 7.76. The minimum atomic E-state index is 0.972. The summed E-state index contributed by atoms with van der Waals surface area (Å²) in [5, 5.41) is 1.36. The molecule has 0 radical (unpaired) electrons. The van der Waals surface area contributed by atoms with E-state index in [9.17, 15) is 0 Å². The van der Waals surface area contributed by atoms with E-state index in [0.717, 1.165) is 25.2 Å². The van der Waals surface area contributed by atoms with Gasteiger partial charge in [0.2, 0.25) is 0 Å². The Morgan fingerprint density at radius 1 is 1.09 bits per heavy atom. The van der Waals surface area contributed by atoms with Crippen LogP contribution in [0.3, 0.4) is 0 Å². The number of aromatic nitrogens is 2. The fraction of sp³-hybridized carbons (Fsp3) is 0.316. The van der Waals surface area contributed by atoms with Gasteiger partial charge < -0.3 is 9.47 Å². The predicted molar refractivity (Wildman–Crippen MR) is 92.0 cm³/mol. The molecule has 0 saturated heterocycles. The second-order valence-electron chi connectivity index (χ2n) is 6.16. The molecule has 0 aliphatic heterocycles. The number of hydrogen-bond donors (Lipinski definition) is 0. The molecular weight excluding hydrogens is 270 g/mol. The van der Waals surface area contributed by atoms with Crippen molar-refractivity contribution >= 4 is 10.9 Å². The van der Waals surface area contributed by atoms with Crippen molar-refractivity contribution in [1.29, 1.82) is 0 Å². The van der Waals surface area contributed by atoms with Gasteiger partial charge in [-0.05, 0) is 50.7 Å². The van der Waals surface area contributed by atoms with Crippen LogP contribution in [0.15, 0.2) is 48.8 Å². The molecule has 22 heavy (non-hydrogen) atoms. The van der Waals surface area contributed by atoms with Crippen molar-refractivity contribution in [3.8, 4) is 0 Å². The van der Waals surface area contributed by atoms with Crippen molar-refractivity contribution in [2.24, 2.45) is 0 Å². The van der Waals surface area contributed by atoms with Crippen LogP contribution in [0.2, 0.25) is 0 Å². The molecule has 0 saturated carbocycles.